The molecular formula is C9H14N2O. The van der Waals surface area contributed by atoms with E-state index < -0.39 is 0 Å². The predicted molar refractivity (Wildman–Crippen MR) is 46.5 cm³/mol. The van der Waals surface area contributed by atoms with Gasteiger partial charge in [-0.3, -0.25) is 9.69 Å². The van der Waals surface area contributed by atoms with Crippen LogP contribution in [0, 0.1) is 0 Å². The number of likely N-dealkylation sites (N-methyl/N-ethyl adjacent to an activating group) is 1. The van der Waals surface area contributed by atoms with Crippen LogP contribution >= 0.6 is 0 Å². The van der Waals surface area contributed by atoms with Gasteiger partial charge in [0, 0.05) is 24.2 Å². The van der Waals surface area contributed by atoms with Gasteiger partial charge in [-0.15, -0.1) is 0 Å². The summed E-state index contributed by atoms with van der Waals surface area (Å²) in [6.07, 6.45) is 2.83. The van der Waals surface area contributed by atoms with E-state index in [0.29, 0.717) is 5.78 Å². The minimum Gasteiger partial charge on any atom is -0.375 e. The van der Waals surface area contributed by atoms with E-state index >= 15 is 0 Å². The van der Waals surface area contributed by atoms with E-state index in [1.807, 2.05) is 7.05 Å². The van der Waals surface area contributed by atoms with Crippen molar-refractivity contribution in [2.75, 3.05) is 20.3 Å². The molecule has 12 heavy (non-hydrogen) atoms. The third kappa shape index (κ3) is 1.25. The van der Waals surface area contributed by atoms with Gasteiger partial charge in [-0.2, -0.15) is 0 Å². The lowest BCUT2D eigenvalue weighted by molar-refractivity contribution is -0.116. The van der Waals surface area contributed by atoms with Gasteiger partial charge in [-0.25, -0.2) is 0 Å². The smallest absolute Gasteiger partial charge is 0.161 e. The average Bonchev–Trinajstić information content (AvgIpc) is 2.07. The number of rotatable bonds is 0. The van der Waals surface area contributed by atoms with Crippen molar-refractivity contribution >= 4 is 5.78 Å². The molecule has 3 nitrogen and oxygen atoms in total. The van der Waals surface area contributed by atoms with Crippen LogP contribution in [-0.2, 0) is 4.79 Å². The van der Waals surface area contributed by atoms with Crippen molar-refractivity contribution in [1.82, 2.24) is 10.2 Å². The first-order valence-corrected chi connectivity index (χ1v) is 4.45. The van der Waals surface area contributed by atoms with Gasteiger partial charge in [-0.1, -0.05) is 0 Å². The summed E-state index contributed by atoms with van der Waals surface area (Å²) in [5.41, 5.74) is 2.22. The lowest BCUT2D eigenvalue weighted by atomic mass is 9.93. The zero-order valence-corrected chi connectivity index (χ0v) is 7.39. The fourth-order valence-corrected chi connectivity index (χ4v) is 1.83. The second-order valence-corrected chi connectivity index (χ2v) is 3.58. The Kier molecular flexibility index (Phi) is 1.89. The number of nitrogens with one attached hydrogen (secondary N) is 1. The van der Waals surface area contributed by atoms with Crippen molar-refractivity contribution in [3.8, 4) is 0 Å². The van der Waals surface area contributed by atoms with Crippen LogP contribution in [0.2, 0.25) is 0 Å². The van der Waals surface area contributed by atoms with Crippen LogP contribution in [0.25, 0.3) is 0 Å². The molecule has 0 bridgehead atoms. The van der Waals surface area contributed by atoms with E-state index in [9.17, 15) is 4.79 Å². The van der Waals surface area contributed by atoms with Gasteiger partial charge in [0.25, 0.3) is 0 Å². The highest BCUT2D eigenvalue weighted by Crippen LogP contribution is 2.22. The van der Waals surface area contributed by atoms with Gasteiger partial charge in [0.05, 0.1) is 6.67 Å². The number of ketones is 1. The Bertz CT molecular complexity index is 245. The normalized spacial score (nSPS) is 25.2. The van der Waals surface area contributed by atoms with Crippen molar-refractivity contribution < 1.29 is 4.79 Å². The molecule has 0 aromatic carbocycles. The highest BCUT2D eigenvalue weighted by atomic mass is 16.1. The van der Waals surface area contributed by atoms with Gasteiger partial charge in [0.1, 0.15) is 0 Å². The number of hydrogen-bond donors (Lipinski definition) is 1. The summed E-state index contributed by atoms with van der Waals surface area (Å²) in [6.45, 7) is 1.72. The van der Waals surface area contributed by atoms with Gasteiger partial charge in [-0.05, 0) is 19.9 Å². The Balaban J connectivity index is 2.25. The van der Waals surface area contributed by atoms with Crippen molar-refractivity contribution in [2.24, 2.45) is 0 Å². The molecule has 3 heteroatoms. The van der Waals surface area contributed by atoms with E-state index in [4.69, 9.17) is 0 Å². The van der Waals surface area contributed by atoms with Crippen LogP contribution in [0.1, 0.15) is 19.3 Å². The van der Waals surface area contributed by atoms with E-state index in [-0.39, 0.29) is 0 Å². The number of nitrogens with zero attached hydrogens (tertiary/aromatic N) is 1. The summed E-state index contributed by atoms with van der Waals surface area (Å²) in [4.78, 5) is 13.6. The fourth-order valence-electron chi connectivity index (χ4n) is 1.83. The lowest BCUT2D eigenvalue weighted by Crippen LogP contribution is -2.41. The highest BCUT2D eigenvalue weighted by molar-refractivity contribution is 5.97. The summed E-state index contributed by atoms with van der Waals surface area (Å²) >= 11 is 0. The van der Waals surface area contributed by atoms with Crippen molar-refractivity contribution in [1.29, 1.82) is 0 Å². The van der Waals surface area contributed by atoms with Gasteiger partial charge in [0.2, 0.25) is 0 Å². The summed E-state index contributed by atoms with van der Waals surface area (Å²) in [6, 6.07) is 0. The molecule has 1 aliphatic heterocycles. The maximum absolute atomic E-state index is 11.4. The van der Waals surface area contributed by atoms with Crippen LogP contribution < -0.4 is 5.32 Å². The minimum absolute atomic E-state index is 0.343. The Morgan fingerprint density at radius 3 is 3.08 bits per heavy atom. The van der Waals surface area contributed by atoms with Gasteiger partial charge >= 0.3 is 0 Å². The first kappa shape index (κ1) is 7.80. The molecule has 0 aromatic heterocycles. The third-order valence-electron chi connectivity index (χ3n) is 2.52. The van der Waals surface area contributed by atoms with Gasteiger partial charge in [0.15, 0.2) is 5.78 Å². The maximum Gasteiger partial charge on any atom is 0.161 e. The SMILES string of the molecule is CN1CNC2=C(C1)C(=O)CCC2. The van der Waals surface area contributed by atoms with Crippen LogP contribution in [0.4, 0.5) is 0 Å². The second kappa shape index (κ2) is 2.90. The van der Waals surface area contributed by atoms with Crippen LogP contribution in [0.3, 0.4) is 0 Å². The van der Waals surface area contributed by atoms with E-state index in [1.165, 1.54) is 5.70 Å². The molecule has 66 valence electrons. The number of carbonyl (C=O) groups is 1. The standard InChI is InChI=1S/C9H14N2O/c1-11-5-7-8(10-6-11)3-2-4-9(7)12/h10H,2-6H2,1H3. The van der Waals surface area contributed by atoms with Gasteiger partial charge < -0.3 is 5.32 Å². The molecule has 0 saturated carbocycles. The number of Topliss-reactive ketones (excluding diaryl/α,β-unsaturated/α-hetero) is 1. The highest BCUT2D eigenvalue weighted by Gasteiger charge is 2.24. The number of hydrogen-bond acceptors (Lipinski definition) is 3. The molecule has 0 atom stereocenters. The number of allylic oxidation sites excluding steroid dienone is 1. The molecule has 0 unspecified atom stereocenters. The Morgan fingerprint density at radius 2 is 2.25 bits per heavy atom. The monoisotopic (exact) mass is 166 g/mol. The molecule has 0 radical (unpaired) electrons. The first-order chi connectivity index (χ1) is 5.77. The molecule has 0 saturated heterocycles. The zero-order chi connectivity index (χ0) is 8.55. The molecule has 0 fully saturated rings. The largest absolute Gasteiger partial charge is 0.375 e. The zero-order valence-electron chi connectivity index (χ0n) is 7.39. The quantitative estimate of drug-likeness (QED) is 0.568. The second-order valence-electron chi connectivity index (χ2n) is 3.58. The van der Waals surface area contributed by atoms with E-state index in [2.05, 4.69) is 10.2 Å². The molecule has 1 N–H and O–H groups in total. The third-order valence-corrected chi connectivity index (χ3v) is 2.52. The predicted octanol–water partition coefficient (Wildman–Crippen LogP) is 0.486. The molecule has 0 aromatic rings. The molecular weight excluding hydrogens is 152 g/mol. The Hall–Kier alpha value is -0.830. The average molecular weight is 166 g/mol. The summed E-state index contributed by atoms with van der Waals surface area (Å²) in [5, 5.41) is 3.29. The van der Waals surface area contributed by atoms with Crippen LogP contribution in [-0.4, -0.2) is 30.9 Å². The summed E-state index contributed by atoms with van der Waals surface area (Å²) in [5.74, 6) is 0.343. The van der Waals surface area contributed by atoms with Crippen molar-refractivity contribution in [2.45, 2.75) is 19.3 Å². The maximum atomic E-state index is 11.4. The molecule has 0 amide bonds. The van der Waals surface area contributed by atoms with E-state index in [0.717, 1.165) is 38.0 Å². The fraction of sp³-hybridized carbons (Fsp3) is 0.667. The molecule has 0 spiro atoms. The molecule has 2 rings (SSSR count). The molecule has 1 heterocycles. The topological polar surface area (TPSA) is 32.3 Å². The van der Waals surface area contributed by atoms with E-state index in [1.54, 1.807) is 0 Å². The van der Waals surface area contributed by atoms with Crippen molar-refractivity contribution in [3.63, 3.8) is 0 Å². The summed E-state index contributed by atoms with van der Waals surface area (Å²) < 4.78 is 0. The van der Waals surface area contributed by atoms with Crippen molar-refractivity contribution in [3.05, 3.63) is 11.3 Å². The van der Waals surface area contributed by atoms with Crippen LogP contribution in [0.15, 0.2) is 11.3 Å². The first-order valence-electron chi connectivity index (χ1n) is 4.45. The number of carbonyl (C=O) groups excluding carboxylic acids is 1. The Labute approximate surface area is 72.4 Å². The summed E-state index contributed by atoms with van der Waals surface area (Å²) in [7, 11) is 2.03. The van der Waals surface area contributed by atoms with Crippen LogP contribution in [0.5, 0.6) is 0 Å². The molecule has 1 aliphatic carbocycles. The lowest BCUT2D eigenvalue weighted by Gasteiger charge is -2.31. The molecule has 2 aliphatic rings. The Morgan fingerprint density at radius 1 is 1.42 bits per heavy atom. The minimum atomic E-state index is 0.343.